The predicted octanol–water partition coefficient (Wildman–Crippen LogP) is 1.04. The molecule has 18 heavy (non-hydrogen) atoms. The van der Waals surface area contributed by atoms with E-state index in [1.54, 1.807) is 6.92 Å². The summed E-state index contributed by atoms with van der Waals surface area (Å²) in [5, 5.41) is 21.1. The summed E-state index contributed by atoms with van der Waals surface area (Å²) < 4.78 is 4.95. The highest BCUT2D eigenvalue weighted by Crippen LogP contribution is 2.01. The topological polar surface area (TPSA) is 78.8 Å². The highest BCUT2D eigenvalue weighted by Gasteiger charge is 2.15. The summed E-state index contributed by atoms with van der Waals surface area (Å²) in [6.45, 7) is 1.91. The van der Waals surface area contributed by atoms with Crippen molar-refractivity contribution >= 4 is 6.09 Å². The Morgan fingerprint density at radius 1 is 1.28 bits per heavy atom. The standard InChI is InChI=1S/C13H19NO4/c1-2-11(15)12(16)8-14-13(17)18-9-10-6-4-3-5-7-10/h3-7,11-12,15-16H,2,8-9H2,1H3,(H,14,17)/t11-,12-/m0/s1. The van der Waals surface area contributed by atoms with Crippen LogP contribution >= 0.6 is 0 Å². The summed E-state index contributed by atoms with van der Waals surface area (Å²) in [5.74, 6) is 0. The highest BCUT2D eigenvalue weighted by molar-refractivity contribution is 5.67. The molecule has 0 saturated heterocycles. The molecule has 0 bridgehead atoms. The van der Waals surface area contributed by atoms with Gasteiger partial charge in [0, 0.05) is 6.54 Å². The van der Waals surface area contributed by atoms with Crippen molar-refractivity contribution in [3.05, 3.63) is 35.9 Å². The van der Waals surface area contributed by atoms with Gasteiger partial charge in [-0.3, -0.25) is 0 Å². The fourth-order valence-corrected chi connectivity index (χ4v) is 1.37. The molecule has 0 heterocycles. The molecule has 0 saturated carbocycles. The van der Waals surface area contributed by atoms with Crippen LogP contribution in [0.25, 0.3) is 0 Å². The van der Waals surface area contributed by atoms with E-state index in [2.05, 4.69) is 5.32 Å². The van der Waals surface area contributed by atoms with E-state index in [1.807, 2.05) is 30.3 Å². The number of nitrogens with one attached hydrogen (secondary N) is 1. The minimum absolute atomic E-state index is 0.0252. The Bertz CT molecular complexity index is 355. The molecule has 0 radical (unpaired) electrons. The number of alkyl carbamates (subject to hydrolysis) is 1. The summed E-state index contributed by atoms with van der Waals surface area (Å²) in [7, 11) is 0. The van der Waals surface area contributed by atoms with Crippen molar-refractivity contribution in [3.63, 3.8) is 0 Å². The number of aliphatic hydroxyl groups is 2. The molecule has 2 atom stereocenters. The lowest BCUT2D eigenvalue weighted by Gasteiger charge is -2.16. The Balaban J connectivity index is 2.22. The van der Waals surface area contributed by atoms with E-state index < -0.39 is 18.3 Å². The number of ether oxygens (including phenoxy) is 1. The predicted molar refractivity (Wildman–Crippen MR) is 66.9 cm³/mol. The maximum Gasteiger partial charge on any atom is 0.407 e. The molecule has 0 aromatic heterocycles. The Hall–Kier alpha value is -1.59. The average Bonchev–Trinajstić information content (AvgIpc) is 2.42. The number of amides is 1. The van der Waals surface area contributed by atoms with Gasteiger partial charge in [-0.1, -0.05) is 37.3 Å². The molecule has 0 aliphatic rings. The van der Waals surface area contributed by atoms with Gasteiger partial charge in [0.15, 0.2) is 0 Å². The van der Waals surface area contributed by atoms with Crippen LogP contribution in [0.4, 0.5) is 4.79 Å². The third kappa shape index (κ3) is 5.16. The van der Waals surface area contributed by atoms with Crippen molar-refractivity contribution in [2.24, 2.45) is 0 Å². The van der Waals surface area contributed by atoms with Gasteiger partial charge in [0.25, 0.3) is 0 Å². The van der Waals surface area contributed by atoms with E-state index in [0.717, 1.165) is 5.56 Å². The fraction of sp³-hybridized carbons (Fsp3) is 0.462. The zero-order valence-electron chi connectivity index (χ0n) is 10.4. The first-order chi connectivity index (χ1) is 8.63. The lowest BCUT2D eigenvalue weighted by molar-refractivity contribution is 0.0176. The molecule has 1 amide bonds. The number of hydrogen-bond donors (Lipinski definition) is 3. The minimum atomic E-state index is -0.973. The second-order valence-electron chi connectivity index (χ2n) is 3.99. The summed E-state index contributed by atoms with van der Waals surface area (Å²) in [4.78, 5) is 11.3. The van der Waals surface area contributed by atoms with Gasteiger partial charge in [-0.05, 0) is 12.0 Å². The Labute approximate surface area is 106 Å². The molecule has 0 fully saturated rings. The molecule has 0 unspecified atom stereocenters. The van der Waals surface area contributed by atoms with Crippen LogP contribution in [0.2, 0.25) is 0 Å². The van der Waals surface area contributed by atoms with Crippen LogP contribution < -0.4 is 5.32 Å². The van der Waals surface area contributed by atoms with Crippen LogP contribution in [0.5, 0.6) is 0 Å². The molecule has 5 heteroatoms. The first-order valence-electron chi connectivity index (χ1n) is 5.94. The number of benzene rings is 1. The van der Waals surface area contributed by atoms with Gasteiger partial charge in [-0.15, -0.1) is 0 Å². The van der Waals surface area contributed by atoms with Crippen LogP contribution in [-0.2, 0) is 11.3 Å². The van der Waals surface area contributed by atoms with Gasteiger partial charge in [-0.2, -0.15) is 0 Å². The van der Waals surface area contributed by atoms with E-state index in [0.29, 0.717) is 6.42 Å². The maximum atomic E-state index is 11.3. The van der Waals surface area contributed by atoms with Crippen LogP contribution in [-0.4, -0.2) is 35.1 Å². The molecular weight excluding hydrogens is 234 g/mol. The second-order valence-corrected chi connectivity index (χ2v) is 3.99. The Morgan fingerprint density at radius 2 is 1.94 bits per heavy atom. The largest absolute Gasteiger partial charge is 0.445 e. The third-order valence-corrected chi connectivity index (χ3v) is 2.53. The zero-order valence-corrected chi connectivity index (χ0v) is 10.4. The van der Waals surface area contributed by atoms with E-state index >= 15 is 0 Å². The molecule has 0 spiro atoms. The van der Waals surface area contributed by atoms with E-state index in [1.165, 1.54) is 0 Å². The molecule has 1 rings (SSSR count). The number of hydrogen-bond acceptors (Lipinski definition) is 4. The van der Waals surface area contributed by atoms with Gasteiger partial charge < -0.3 is 20.3 Å². The molecule has 3 N–H and O–H groups in total. The molecule has 1 aromatic carbocycles. The SMILES string of the molecule is CC[C@H](O)[C@@H](O)CNC(=O)OCc1ccccc1. The summed E-state index contributed by atoms with van der Waals surface area (Å²) >= 11 is 0. The maximum absolute atomic E-state index is 11.3. The van der Waals surface area contributed by atoms with Crippen molar-refractivity contribution in [2.75, 3.05) is 6.54 Å². The molecule has 1 aromatic rings. The van der Waals surface area contributed by atoms with Crippen LogP contribution in [0, 0.1) is 0 Å². The lowest BCUT2D eigenvalue weighted by atomic mass is 10.1. The fourth-order valence-electron chi connectivity index (χ4n) is 1.37. The van der Waals surface area contributed by atoms with Crippen LogP contribution in [0.15, 0.2) is 30.3 Å². The first kappa shape index (κ1) is 14.5. The average molecular weight is 253 g/mol. The summed E-state index contributed by atoms with van der Waals surface area (Å²) in [6.07, 6.45) is -1.98. The monoisotopic (exact) mass is 253 g/mol. The molecule has 100 valence electrons. The number of aliphatic hydroxyl groups excluding tert-OH is 2. The van der Waals surface area contributed by atoms with E-state index in [-0.39, 0.29) is 13.2 Å². The van der Waals surface area contributed by atoms with E-state index in [4.69, 9.17) is 4.74 Å². The molecule has 0 aliphatic heterocycles. The normalized spacial score (nSPS) is 13.7. The third-order valence-electron chi connectivity index (χ3n) is 2.53. The smallest absolute Gasteiger partial charge is 0.407 e. The highest BCUT2D eigenvalue weighted by atomic mass is 16.5. The molecule has 5 nitrogen and oxygen atoms in total. The van der Waals surface area contributed by atoms with Crippen LogP contribution in [0.1, 0.15) is 18.9 Å². The molecular formula is C13H19NO4. The van der Waals surface area contributed by atoms with Gasteiger partial charge >= 0.3 is 6.09 Å². The lowest BCUT2D eigenvalue weighted by Crippen LogP contribution is -2.38. The Kier molecular flexibility index (Phi) is 6.18. The summed E-state index contributed by atoms with van der Waals surface area (Å²) in [5.41, 5.74) is 0.891. The number of carbonyl (C=O) groups is 1. The Morgan fingerprint density at radius 3 is 2.56 bits per heavy atom. The van der Waals surface area contributed by atoms with Gasteiger partial charge in [-0.25, -0.2) is 4.79 Å². The minimum Gasteiger partial charge on any atom is -0.445 e. The van der Waals surface area contributed by atoms with E-state index in [9.17, 15) is 15.0 Å². The second kappa shape index (κ2) is 7.68. The van der Waals surface area contributed by atoms with Crippen molar-refractivity contribution in [3.8, 4) is 0 Å². The molecule has 0 aliphatic carbocycles. The van der Waals surface area contributed by atoms with Crippen molar-refractivity contribution in [2.45, 2.75) is 32.2 Å². The van der Waals surface area contributed by atoms with Crippen LogP contribution in [0.3, 0.4) is 0 Å². The summed E-state index contributed by atoms with van der Waals surface area (Å²) in [6, 6.07) is 9.30. The van der Waals surface area contributed by atoms with Gasteiger partial charge in [0.05, 0.1) is 12.2 Å². The van der Waals surface area contributed by atoms with Gasteiger partial charge in [0.2, 0.25) is 0 Å². The quantitative estimate of drug-likeness (QED) is 0.708. The first-order valence-corrected chi connectivity index (χ1v) is 5.94. The van der Waals surface area contributed by atoms with Crippen molar-refractivity contribution in [1.29, 1.82) is 0 Å². The number of carbonyl (C=O) groups excluding carboxylic acids is 1. The van der Waals surface area contributed by atoms with Crippen molar-refractivity contribution < 1.29 is 19.7 Å². The number of rotatable bonds is 6. The zero-order chi connectivity index (χ0) is 13.4. The van der Waals surface area contributed by atoms with Gasteiger partial charge in [0.1, 0.15) is 6.61 Å². The van der Waals surface area contributed by atoms with Crippen molar-refractivity contribution in [1.82, 2.24) is 5.32 Å².